The SMILES string of the molecule is CC1CN(CC(F)(F)C(F)F)CCC1N. The van der Waals surface area contributed by atoms with E-state index in [9.17, 15) is 17.6 Å². The Morgan fingerprint density at radius 1 is 1.47 bits per heavy atom. The average molecular weight is 228 g/mol. The topological polar surface area (TPSA) is 29.3 Å². The van der Waals surface area contributed by atoms with Gasteiger partial charge in [-0.1, -0.05) is 6.92 Å². The van der Waals surface area contributed by atoms with Crippen LogP contribution in [0, 0.1) is 5.92 Å². The van der Waals surface area contributed by atoms with Crippen LogP contribution in [0.25, 0.3) is 0 Å². The predicted molar refractivity (Wildman–Crippen MR) is 49.1 cm³/mol. The monoisotopic (exact) mass is 228 g/mol. The van der Waals surface area contributed by atoms with Crippen molar-refractivity contribution < 1.29 is 17.6 Å². The molecule has 2 unspecified atom stereocenters. The van der Waals surface area contributed by atoms with Gasteiger partial charge in [-0.3, -0.25) is 4.90 Å². The van der Waals surface area contributed by atoms with Gasteiger partial charge in [0, 0.05) is 12.6 Å². The molecule has 1 heterocycles. The quantitative estimate of drug-likeness (QED) is 0.743. The van der Waals surface area contributed by atoms with E-state index in [0.29, 0.717) is 19.5 Å². The van der Waals surface area contributed by atoms with E-state index in [4.69, 9.17) is 5.73 Å². The van der Waals surface area contributed by atoms with Crippen molar-refractivity contribution in [3.63, 3.8) is 0 Å². The van der Waals surface area contributed by atoms with Gasteiger partial charge in [0.2, 0.25) is 0 Å². The molecule has 0 aromatic rings. The van der Waals surface area contributed by atoms with E-state index in [2.05, 4.69) is 0 Å². The van der Waals surface area contributed by atoms with Crippen LogP contribution in [0.5, 0.6) is 0 Å². The number of likely N-dealkylation sites (tertiary alicyclic amines) is 1. The summed E-state index contributed by atoms with van der Waals surface area (Å²) >= 11 is 0. The molecule has 0 spiro atoms. The molecule has 0 saturated carbocycles. The van der Waals surface area contributed by atoms with Crippen molar-refractivity contribution in [3.8, 4) is 0 Å². The molecule has 0 radical (unpaired) electrons. The Labute approximate surface area is 86.4 Å². The average Bonchev–Trinajstić information content (AvgIpc) is 2.10. The molecule has 6 heteroatoms. The Hall–Kier alpha value is -0.360. The van der Waals surface area contributed by atoms with Crippen LogP contribution in [-0.4, -0.2) is 42.9 Å². The fraction of sp³-hybridized carbons (Fsp3) is 1.00. The number of hydrogen-bond donors (Lipinski definition) is 1. The summed E-state index contributed by atoms with van der Waals surface area (Å²) in [4.78, 5) is 1.36. The summed E-state index contributed by atoms with van der Waals surface area (Å²) in [6.45, 7) is 1.70. The predicted octanol–water partition coefficient (Wildman–Crippen LogP) is 1.56. The lowest BCUT2D eigenvalue weighted by Gasteiger charge is -2.36. The first-order valence-electron chi connectivity index (χ1n) is 4.97. The number of piperidine rings is 1. The smallest absolute Gasteiger partial charge is 0.319 e. The van der Waals surface area contributed by atoms with E-state index < -0.39 is 18.9 Å². The van der Waals surface area contributed by atoms with Crippen LogP contribution in [0.4, 0.5) is 17.6 Å². The lowest BCUT2D eigenvalue weighted by Crippen LogP contribution is -2.50. The Morgan fingerprint density at radius 2 is 2.07 bits per heavy atom. The third-order valence-electron chi connectivity index (χ3n) is 2.81. The lowest BCUT2D eigenvalue weighted by atomic mass is 9.94. The second-order valence-corrected chi connectivity index (χ2v) is 4.23. The molecule has 0 aliphatic carbocycles. The van der Waals surface area contributed by atoms with E-state index in [1.165, 1.54) is 4.90 Å². The second kappa shape index (κ2) is 4.65. The summed E-state index contributed by atoms with van der Waals surface area (Å²) in [5.41, 5.74) is 5.70. The van der Waals surface area contributed by atoms with Crippen molar-refractivity contribution in [2.75, 3.05) is 19.6 Å². The summed E-state index contributed by atoms with van der Waals surface area (Å²) in [5.74, 6) is -3.84. The molecule has 0 bridgehead atoms. The Kier molecular flexibility index (Phi) is 3.94. The van der Waals surface area contributed by atoms with E-state index >= 15 is 0 Å². The van der Waals surface area contributed by atoms with Gasteiger partial charge in [0.25, 0.3) is 0 Å². The van der Waals surface area contributed by atoms with Crippen LogP contribution in [0.3, 0.4) is 0 Å². The molecule has 2 nitrogen and oxygen atoms in total. The molecular weight excluding hydrogens is 212 g/mol. The number of nitrogens with zero attached hydrogens (tertiary/aromatic N) is 1. The normalized spacial score (nSPS) is 29.8. The zero-order valence-electron chi connectivity index (χ0n) is 8.60. The number of rotatable bonds is 3. The molecule has 0 amide bonds. The van der Waals surface area contributed by atoms with E-state index in [0.717, 1.165) is 0 Å². The first-order chi connectivity index (χ1) is 6.83. The number of alkyl halides is 4. The van der Waals surface area contributed by atoms with Gasteiger partial charge >= 0.3 is 12.3 Å². The highest BCUT2D eigenvalue weighted by atomic mass is 19.3. The van der Waals surface area contributed by atoms with E-state index in [1.807, 2.05) is 6.92 Å². The maximum atomic E-state index is 12.7. The molecule has 1 fully saturated rings. The lowest BCUT2D eigenvalue weighted by molar-refractivity contribution is -0.145. The molecule has 1 aliphatic heterocycles. The maximum Gasteiger partial charge on any atom is 0.319 e. The highest BCUT2D eigenvalue weighted by Crippen LogP contribution is 2.26. The van der Waals surface area contributed by atoms with Crippen molar-refractivity contribution >= 4 is 0 Å². The fourth-order valence-corrected chi connectivity index (χ4v) is 1.76. The summed E-state index contributed by atoms with van der Waals surface area (Å²) < 4.78 is 49.3. The molecule has 90 valence electrons. The summed E-state index contributed by atoms with van der Waals surface area (Å²) in [6.07, 6.45) is -3.01. The number of nitrogens with two attached hydrogens (primary N) is 1. The van der Waals surface area contributed by atoms with Gasteiger partial charge < -0.3 is 5.73 Å². The molecule has 1 saturated heterocycles. The molecule has 15 heavy (non-hydrogen) atoms. The van der Waals surface area contributed by atoms with Gasteiger partial charge in [0.15, 0.2) is 0 Å². The minimum absolute atomic E-state index is 0.0126. The maximum absolute atomic E-state index is 12.7. The molecule has 1 aliphatic rings. The van der Waals surface area contributed by atoms with Gasteiger partial charge in [0.05, 0.1) is 6.54 Å². The number of halogens is 4. The molecular formula is C9H16F4N2. The molecule has 2 atom stereocenters. The highest BCUT2D eigenvalue weighted by Gasteiger charge is 2.43. The van der Waals surface area contributed by atoms with Crippen LogP contribution in [0.2, 0.25) is 0 Å². The van der Waals surface area contributed by atoms with Gasteiger partial charge in [-0.05, 0) is 18.9 Å². The summed E-state index contributed by atoms with van der Waals surface area (Å²) in [6, 6.07) is -0.0126. The van der Waals surface area contributed by atoms with Crippen molar-refractivity contribution in [2.24, 2.45) is 11.7 Å². The van der Waals surface area contributed by atoms with Crippen molar-refractivity contribution in [1.29, 1.82) is 0 Å². The minimum atomic E-state index is -3.92. The fourth-order valence-electron chi connectivity index (χ4n) is 1.76. The standard InChI is InChI=1S/C9H16F4N2/c1-6-4-15(3-2-7(6)14)5-9(12,13)8(10)11/h6-8H,2-5,14H2,1H3. The third kappa shape index (κ3) is 3.31. The Balaban J connectivity index is 2.46. The van der Waals surface area contributed by atoms with Gasteiger partial charge in [0.1, 0.15) is 0 Å². The van der Waals surface area contributed by atoms with Crippen molar-refractivity contribution in [2.45, 2.75) is 31.7 Å². The Bertz CT molecular complexity index is 210. The highest BCUT2D eigenvalue weighted by molar-refractivity contribution is 4.83. The van der Waals surface area contributed by atoms with Gasteiger partial charge in [-0.15, -0.1) is 0 Å². The van der Waals surface area contributed by atoms with Crippen molar-refractivity contribution in [1.82, 2.24) is 4.90 Å². The van der Waals surface area contributed by atoms with Gasteiger partial charge in [-0.2, -0.15) is 8.78 Å². The molecule has 0 aromatic heterocycles. The second-order valence-electron chi connectivity index (χ2n) is 4.23. The summed E-state index contributed by atoms with van der Waals surface area (Å²) in [7, 11) is 0. The van der Waals surface area contributed by atoms with Crippen molar-refractivity contribution in [3.05, 3.63) is 0 Å². The molecule has 1 rings (SSSR count). The van der Waals surface area contributed by atoms with E-state index in [-0.39, 0.29) is 12.0 Å². The van der Waals surface area contributed by atoms with Crippen LogP contribution >= 0.6 is 0 Å². The zero-order valence-corrected chi connectivity index (χ0v) is 8.60. The van der Waals surface area contributed by atoms with Crippen LogP contribution < -0.4 is 5.73 Å². The Morgan fingerprint density at radius 3 is 2.53 bits per heavy atom. The first kappa shape index (κ1) is 12.7. The first-order valence-corrected chi connectivity index (χ1v) is 4.97. The molecule has 2 N–H and O–H groups in total. The van der Waals surface area contributed by atoms with Crippen LogP contribution in [0.15, 0.2) is 0 Å². The number of hydrogen-bond acceptors (Lipinski definition) is 2. The third-order valence-corrected chi connectivity index (χ3v) is 2.81. The van der Waals surface area contributed by atoms with E-state index in [1.54, 1.807) is 0 Å². The van der Waals surface area contributed by atoms with Crippen LogP contribution in [-0.2, 0) is 0 Å². The minimum Gasteiger partial charge on any atom is -0.327 e. The van der Waals surface area contributed by atoms with Crippen LogP contribution in [0.1, 0.15) is 13.3 Å². The largest absolute Gasteiger partial charge is 0.327 e. The summed E-state index contributed by atoms with van der Waals surface area (Å²) in [5, 5.41) is 0. The molecule has 0 aromatic carbocycles. The zero-order chi connectivity index (χ0) is 11.6. The van der Waals surface area contributed by atoms with Gasteiger partial charge in [-0.25, -0.2) is 8.78 Å².